The van der Waals surface area contributed by atoms with Crippen LogP contribution in [0.2, 0.25) is 0 Å². The van der Waals surface area contributed by atoms with E-state index < -0.39 is 0 Å². The molecule has 1 aliphatic rings. The second kappa shape index (κ2) is 10.6. The van der Waals surface area contributed by atoms with Crippen LogP contribution in [0, 0.1) is 12.7 Å². The molecule has 0 saturated carbocycles. The molecule has 3 amide bonds. The molecule has 1 saturated heterocycles. The van der Waals surface area contributed by atoms with Crippen molar-refractivity contribution in [3.63, 3.8) is 0 Å². The van der Waals surface area contributed by atoms with E-state index in [2.05, 4.69) is 10.6 Å². The molecule has 0 radical (unpaired) electrons. The number of carbonyl (C=O) groups excluding carboxylic acids is 2. The summed E-state index contributed by atoms with van der Waals surface area (Å²) in [7, 11) is 0. The monoisotopic (exact) mass is 414 g/mol. The molecule has 0 aromatic heterocycles. The van der Waals surface area contributed by atoms with Crippen molar-refractivity contribution in [2.24, 2.45) is 0 Å². The number of piperazine rings is 1. The van der Waals surface area contributed by atoms with E-state index in [0.29, 0.717) is 45.0 Å². The molecule has 0 spiro atoms. The van der Waals surface area contributed by atoms with Crippen LogP contribution in [0.4, 0.5) is 14.9 Å². The molecule has 8 heteroatoms. The predicted octanol–water partition coefficient (Wildman–Crippen LogP) is 2.48. The molecule has 160 valence electrons. The molecule has 3 rings (SSSR count). The minimum Gasteiger partial charge on any atom is -0.492 e. The van der Waals surface area contributed by atoms with Crippen LogP contribution in [-0.4, -0.2) is 67.6 Å². The van der Waals surface area contributed by atoms with Crippen molar-refractivity contribution in [3.8, 4) is 5.75 Å². The molecule has 0 unspecified atom stereocenters. The van der Waals surface area contributed by atoms with E-state index in [1.165, 1.54) is 24.3 Å². The second-order valence-corrected chi connectivity index (χ2v) is 7.22. The van der Waals surface area contributed by atoms with Gasteiger partial charge in [-0.05, 0) is 48.9 Å². The molecule has 2 aromatic rings. The Balaban J connectivity index is 1.31. The summed E-state index contributed by atoms with van der Waals surface area (Å²) < 4.78 is 18.6. The number of amides is 3. The highest BCUT2D eigenvalue weighted by Gasteiger charge is 2.22. The maximum absolute atomic E-state index is 12.9. The molecule has 0 bridgehead atoms. The molecule has 0 aliphatic carbocycles. The normalized spacial score (nSPS) is 14.3. The fourth-order valence-electron chi connectivity index (χ4n) is 3.19. The van der Waals surface area contributed by atoms with E-state index >= 15 is 0 Å². The topological polar surface area (TPSA) is 73.9 Å². The van der Waals surface area contributed by atoms with E-state index in [4.69, 9.17) is 4.74 Å². The Morgan fingerprint density at radius 3 is 2.50 bits per heavy atom. The Labute approximate surface area is 175 Å². The van der Waals surface area contributed by atoms with Crippen molar-refractivity contribution in [1.82, 2.24) is 15.1 Å². The van der Waals surface area contributed by atoms with Crippen LogP contribution in [0.1, 0.15) is 5.56 Å². The number of benzene rings is 2. The lowest BCUT2D eigenvalue weighted by Crippen LogP contribution is -2.53. The van der Waals surface area contributed by atoms with Gasteiger partial charge in [-0.25, -0.2) is 9.18 Å². The molecule has 2 N–H and O–H groups in total. The van der Waals surface area contributed by atoms with Gasteiger partial charge < -0.3 is 20.3 Å². The maximum Gasteiger partial charge on any atom is 0.317 e. The van der Waals surface area contributed by atoms with Crippen molar-refractivity contribution >= 4 is 17.6 Å². The third-order valence-electron chi connectivity index (χ3n) is 4.79. The molecule has 1 heterocycles. The van der Waals surface area contributed by atoms with Gasteiger partial charge in [-0.2, -0.15) is 0 Å². The van der Waals surface area contributed by atoms with Crippen LogP contribution in [-0.2, 0) is 4.79 Å². The quantitative estimate of drug-likeness (QED) is 0.683. The lowest BCUT2D eigenvalue weighted by Gasteiger charge is -2.34. The number of nitrogens with zero attached hydrogens (tertiary/aromatic N) is 2. The predicted molar refractivity (Wildman–Crippen MR) is 113 cm³/mol. The Kier molecular flexibility index (Phi) is 7.62. The summed E-state index contributed by atoms with van der Waals surface area (Å²) in [4.78, 5) is 28.2. The van der Waals surface area contributed by atoms with Crippen molar-refractivity contribution in [2.45, 2.75) is 6.92 Å². The zero-order valence-corrected chi connectivity index (χ0v) is 17.1. The molecular weight excluding hydrogens is 387 g/mol. The number of rotatable bonds is 7. The van der Waals surface area contributed by atoms with E-state index in [0.717, 1.165) is 11.3 Å². The number of hydrogen-bond donors (Lipinski definition) is 2. The number of halogens is 1. The zero-order valence-electron chi connectivity index (χ0n) is 17.1. The van der Waals surface area contributed by atoms with Crippen LogP contribution in [0.5, 0.6) is 5.75 Å². The Morgan fingerprint density at radius 1 is 1.07 bits per heavy atom. The second-order valence-electron chi connectivity index (χ2n) is 7.22. The van der Waals surface area contributed by atoms with E-state index in [-0.39, 0.29) is 24.3 Å². The highest BCUT2D eigenvalue weighted by Crippen LogP contribution is 2.12. The fourth-order valence-corrected chi connectivity index (χ4v) is 3.19. The summed E-state index contributed by atoms with van der Waals surface area (Å²) in [6, 6.07) is 13.3. The van der Waals surface area contributed by atoms with Crippen molar-refractivity contribution < 1.29 is 18.7 Å². The molecule has 1 fully saturated rings. The van der Waals surface area contributed by atoms with Gasteiger partial charge in [0.05, 0.1) is 13.1 Å². The smallest absolute Gasteiger partial charge is 0.317 e. The van der Waals surface area contributed by atoms with E-state index in [9.17, 15) is 14.0 Å². The van der Waals surface area contributed by atoms with Gasteiger partial charge in [0.15, 0.2) is 0 Å². The van der Waals surface area contributed by atoms with Gasteiger partial charge >= 0.3 is 6.03 Å². The van der Waals surface area contributed by atoms with Crippen molar-refractivity contribution in [2.75, 3.05) is 51.2 Å². The van der Waals surface area contributed by atoms with Gasteiger partial charge in [0.2, 0.25) is 5.91 Å². The molecule has 2 aromatic carbocycles. The average Bonchev–Trinajstić information content (AvgIpc) is 2.73. The third-order valence-corrected chi connectivity index (χ3v) is 4.79. The van der Waals surface area contributed by atoms with Crippen LogP contribution in [0.15, 0.2) is 48.5 Å². The Morgan fingerprint density at radius 2 is 1.80 bits per heavy atom. The highest BCUT2D eigenvalue weighted by atomic mass is 19.1. The summed E-state index contributed by atoms with van der Waals surface area (Å²) in [6.45, 7) is 5.39. The Bertz CT molecular complexity index is 852. The first-order valence-corrected chi connectivity index (χ1v) is 9.99. The van der Waals surface area contributed by atoms with Crippen molar-refractivity contribution in [3.05, 3.63) is 59.9 Å². The molecule has 30 heavy (non-hydrogen) atoms. The van der Waals surface area contributed by atoms with E-state index in [1.807, 2.05) is 36.1 Å². The summed E-state index contributed by atoms with van der Waals surface area (Å²) >= 11 is 0. The summed E-state index contributed by atoms with van der Waals surface area (Å²) in [5, 5.41) is 5.61. The number of hydrogen-bond acceptors (Lipinski definition) is 4. The lowest BCUT2D eigenvalue weighted by atomic mass is 10.2. The number of aryl methyl sites for hydroxylation is 1. The number of carbonyl (C=O) groups is 2. The molecular formula is C22H27FN4O3. The van der Waals surface area contributed by atoms with Crippen LogP contribution in [0.25, 0.3) is 0 Å². The summed E-state index contributed by atoms with van der Waals surface area (Å²) in [6.07, 6.45) is 0. The number of anilines is 1. The number of ether oxygens (including phenoxy) is 1. The maximum atomic E-state index is 12.9. The lowest BCUT2D eigenvalue weighted by molar-refractivity contribution is -0.117. The van der Waals surface area contributed by atoms with Gasteiger partial charge in [-0.3, -0.25) is 9.69 Å². The Hall–Kier alpha value is -3.13. The van der Waals surface area contributed by atoms with Gasteiger partial charge in [0, 0.05) is 31.9 Å². The van der Waals surface area contributed by atoms with Gasteiger partial charge in [-0.15, -0.1) is 0 Å². The van der Waals surface area contributed by atoms with E-state index in [1.54, 1.807) is 4.90 Å². The van der Waals surface area contributed by atoms with Gasteiger partial charge in [0.25, 0.3) is 0 Å². The average molecular weight is 414 g/mol. The SMILES string of the molecule is Cc1cccc(OCCNC(=O)N2CCN(CC(=O)Nc3ccc(F)cc3)CC2)c1. The molecule has 7 nitrogen and oxygen atoms in total. The molecule has 1 aliphatic heterocycles. The number of nitrogens with one attached hydrogen (secondary N) is 2. The molecule has 0 atom stereocenters. The first kappa shape index (κ1) is 21.6. The fraction of sp³-hybridized carbons (Fsp3) is 0.364. The first-order chi connectivity index (χ1) is 14.5. The van der Waals surface area contributed by atoms with Gasteiger partial charge in [0.1, 0.15) is 18.2 Å². The zero-order chi connectivity index (χ0) is 21.3. The highest BCUT2D eigenvalue weighted by molar-refractivity contribution is 5.92. The standard InChI is InChI=1S/C22H27FN4O3/c1-17-3-2-4-20(15-17)30-14-9-24-22(29)27-12-10-26(11-13-27)16-21(28)25-19-7-5-18(23)6-8-19/h2-8,15H,9-14,16H2,1H3,(H,24,29)(H,25,28). The minimum atomic E-state index is -0.343. The van der Waals surface area contributed by atoms with Crippen LogP contribution < -0.4 is 15.4 Å². The first-order valence-electron chi connectivity index (χ1n) is 9.99. The van der Waals surface area contributed by atoms with Crippen LogP contribution >= 0.6 is 0 Å². The summed E-state index contributed by atoms with van der Waals surface area (Å²) in [5.74, 6) is 0.286. The van der Waals surface area contributed by atoms with Gasteiger partial charge in [-0.1, -0.05) is 12.1 Å². The number of urea groups is 1. The van der Waals surface area contributed by atoms with Crippen LogP contribution in [0.3, 0.4) is 0 Å². The largest absolute Gasteiger partial charge is 0.492 e. The minimum absolute atomic E-state index is 0.127. The van der Waals surface area contributed by atoms with Crippen molar-refractivity contribution in [1.29, 1.82) is 0 Å². The third kappa shape index (κ3) is 6.73. The summed E-state index contributed by atoms with van der Waals surface area (Å²) in [5.41, 5.74) is 1.69.